The van der Waals surface area contributed by atoms with Crippen LogP contribution in [-0.4, -0.2) is 49.4 Å². The van der Waals surface area contributed by atoms with Gasteiger partial charge in [0.05, 0.1) is 18.9 Å². The smallest absolute Gasteiger partial charge is 0.290 e. The lowest BCUT2D eigenvalue weighted by Crippen LogP contribution is -2.40. The van der Waals surface area contributed by atoms with Crippen LogP contribution >= 0.6 is 0 Å². The van der Waals surface area contributed by atoms with Gasteiger partial charge in [-0.3, -0.25) is 4.79 Å². The highest BCUT2D eigenvalue weighted by Gasteiger charge is 2.18. The molecule has 1 fully saturated rings. The highest BCUT2D eigenvalue weighted by Crippen LogP contribution is 2.25. The van der Waals surface area contributed by atoms with Gasteiger partial charge in [-0.2, -0.15) is 5.10 Å². The number of benzene rings is 1. The van der Waals surface area contributed by atoms with Crippen molar-refractivity contribution in [1.82, 2.24) is 9.78 Å². The summed E-state index contributed by atoms with van der Waals surface area (Å²) in [6.45, 7) is 14.1. The first-order chi connectivity index (χ1) is 14.6. The molecule has 1 saturated heterocycles. The van der Waals surface area contributed by atoms with Crippen LogP contribution < -0.4 is 21.9 Å². The van der Waals surface area contributed by atoms with Crippen molar-refractivity contribution in [3.8, 4) is 11.3 Å². The third kappa shape index (κ3) is 8.15. The van der Waals surface area contributed by atoms with Crippen LogP contribution in [0, 0.1) is 12.3 Å². The summed E-state index contributed by atoms with van der Waals surface area (Å²) in [5.74, 6) is 0. The van der Waals surface area contributed by atoms with Crippen LogP contribution in [-0.2, 0) is 16.6 Å². The number of nitrogen functional groups attached to an aromatic ring is 1. The van der Waals surface area contributed by atoms with Gasteiger partial charge in [0.15, 0.2) is 0 Å². The number of morpholine rings is 1. The molecule has 0 atom stereocenters. The predicted molar refractivity (Wildman–Crippen MR) is 127 cm³/mol. The number of carbonyl (C=O) groups is 1. The average molecular weight is 432 g/mol. The maximum atomic E-state index is 12.4. The van der Waals surface area contributed by atoms with Crippen LogP contribution in [0.2, 0.25) is 0 Å². The molecule has 3 rings (SSSR count). The largest absolute Gasteiger partial charge is 0.399 e. The molecule has 8 nitrogen and oxygen atoms in total. The van der Waals surface area contributed by atoms with Crippen molar-refractivity contribution in [2.24, 2.45) is 18.2 Å². The lowest BCUT2D eigenvalue weighted by atomic mass is 9.93. The molecule has 0 radical (unpaired) electrons. The van der Waals surface area contributed by atoms with Gasteiger partial charge < -0.3 is 25.9 Å². The van der Waals surface area contributed by atoms with E-state index in [2.05, 4.69) is 30.8 Å². The van der Waals surface area contributed by atoms with Gasteiger partial charge in [0.25, 0.3) is 5.56 Å². The molecule has 1 aromatic heterocycles. The number of aromatic nitrogens is 2. The zero-order chi connectivity index (χ0) is 23.6. The number of carbonyl (C=O) groups excluding carboxylic acids is 1. The number of nitrogens with zero attached hydrogens (tertiary/aromatic N) is 3. The summed E-state index contributed by atoms with van der Waals surface area (Å²) in [5, 5.41) is 4.39. The van der Waals surface area contributed by atoms with Gasteiger partial charge >= 0.3 is 0 Å². The number of hydrogen-bond donors (Lipinski definition) is 2. The fraction of sp³-hybridized carbons (Fsp3) is 0.522. The Morgan fingerprint density at radius 2 is 1.77 bits per heavy atom. The summed E-state index contributed by atoms with van der Waals surface area (Å²) in [7, 11) is 1.68. The van der Waals surface area contributed by atoms with Crippen molar-refractivity contribution in [3.63, 3.8) is 0 Å². The summed E-state index contributed by atoms with van der Waals surface area (Å²) < 4.78 is 6.75. The molecule has 2 aromatic rings. The maximum Gasteiger partial charge on any atom is 0.290 e. The average Bonchev–Trinajstić information content (AvgIpc) is 2.73. The van der Waals surface area contributed by atoms with E-state index < -0.39 is 0 Å². The molecule has 172 valence electrons. The van der Waals surface area contributed by atoms with Crippen molar-refractivity contribution in [1.29, 1.82) is 0 Å². The third-order valence-electron chi connectivity index (χ3n) is 4.83. The normalized spacial score (nSPS) is 13.5. The molecule has 0 saturated carbocycles. The Kier molecular flexibility index (Phi) is 10.4. The van der Waals surface area contributed by atoms with Crippen molar-refractivity contribution in [2.75, 3.05) is 43.5 Å². The Labute approximate surface area is 185 Å². The van der Waals surface area contributed by atoms with Crippen molar-refractivity contribution in [2.45, 2.75) is 34.1 Å². The van der Waals surface area contributed by atoms with E-state index in [0.29, 0.717) is 43.1 Å². The Morgan fingerprint density at radius 3 is 2.29 bits per heavy atom. The second kappa shape index (κ2) is 12.2. The molecule has 0 unspecified atom stereocenters. The molecule has 0 amide bonds. The summed E-state index contributed by atoms with van der Waals surface area (Å²) in [6.07, 6.45) is 1.12. The van der Waals surface area contributed by atoms with Crippen molar-refractivity contribution >= 4 is 18.2 Å². The Hall–Kier alpha value is -2.71. The SMILES string of the molecule is C=O.CC(C)(C)CCN.Cc1ccc(N)cc1-c1cc(N2CCOCC2)c(=O)n(C)n1. The maximum absolute atomic E-state index is 12.4. The number of nitrogens with two attached hydrogens (primary N) is 2. The number of aryl methyl sites for hydroxylation is 2. The number of rotatable bonds is 3. The van der Waals surface area contributed by atoms with Gasteiger partial charge in [0.2, 0.25) is 0 Å². The van der Waals surface area contributed by atoms with E-state index in [1.165, 1.54) is 4.68 Å². The Morgan fingerprint density at radius 1 is 1.16 bits per heavy atom. The number of anilines is 2. The topological polar surface area (TPSA) is 116 Å². The zero-order valence-electron chi connectivity index (χ0n) is 19.5. The van der Waals surface area contributed by atoms with E-state index in [9.17, 15) is 4.79 Å². The van der Waals surface area contributed by atoms with Crippen molar-refractivity contribution in [3.05, 3.63) is 40.2 Å². The monoisotopic (exact) mass is 431 g/mol. The van der Waals surface area contributed by atoms with Gasteiger partial charge in [-0.15, -0.1) is 0 Å². The minimum absolute atomic E-state index is 0.0905. The molecule has 1 aliphatic heterocycles. The molecule has 8 heteroatoms. The van der Waals surface area contributed by atoms with Crippen LogP contribution in [0.5, 0.6) is 0 Å². The first-order valence-electron chi connectivity index (χ1n) is 10.4. The highest BCUT2D eigenvalue weighted by molar-refractivity contribution is 5.70. The Balaban J connectivity index is 0.000000457. The van der Waals surface area contributed by atoms with Crippen molar-refractivity contribution < 1.29 is 9.53 Å². The lowest BCUT2D eigenvalue weighted by molar-refractivity contribution is -0.0979. The quantitative estimate of drug-likeness (QED) is 0.717. The van der Waals surface area contributed by atoms with Crippen LogP contribution in [0.25, 0.3) is 11.3 Å². The third-order valence-corrected chi connectivity index (χ3v) is 4.83. The zero-order valence-corrected chi connectivity index (χ0v) is 19.5. The molecule has 31 heavy (non-hydrogen) atoms. The summed E-state index contributed by atoms with van der Waals surface area (Å²) in [5.41, 5.74) is 15.7. The van der Waals surface area contributed by atoms with Crippen LogP contribution in [0.4, 0.5) is 11.4 Å². The van der Waals surface area contributed by atoms with Gasteiger partial charge in [0, 0.05) is 31.4 Å². The van der Waals surface area contributed by atoms with E-state index in [4.69, 9.17) is 21.0 Å². The fourth-order valence-electron chi connectivity index (χ4n) is 3.10. The molecular formula is C23H37N5O3. The molecule has 0 aliphatic carbocycles. The van der Waals surface area contributed by atoms with Crippen LogP contribution in [0.3, 0.4) is 0 Å². The highest BCUT2D eigenvalue weighted by atomic mass is 16.5. The minimum Gasteiger partial charge on any atom is -0.399 e. The second-order valence-corrected chi connectivity index (χ2v) is 8.62. The minimum atomic E-state index is -0.0905. The van der Waals surface area contributed by atoms with E-state index in [-0.39, 0.29) is 5.56 Å². The van der Waals surface area contributed by atoms with Gasteiger partial charge in [-0.1, -0.05) is 26.8 Å². The van der Waals surface area contributed by atoms with E-state index in [1.807, 2.05) is 38.0 Å². The summed E-state index contributed by atoms with van der Waals surface area (Å²) >= 11 is 0. The number of ether oxygens (including phenoxy) is 1. The lowest BCUT2D eigenvalue weighted by Gasteiger charge is -2.28. The molecular weight excluding hydrogens is 394 g/mol. The second-order valence-electron chi connectivity index (χ2n) is 8.62. The first kappa shape index (κ1) is 26.3. The van der Waals surface area contributed by atoms with Crippen LogP contribution in [0.15, 0.2) is 29.1 Å². The summed E-state index contributed by atoms with van der Waals surface area (Å²) in [6, 6.07) is 7.58. The van der Waals surface area contributed by atoms with Crippen LogP contribution in [0.1, 0.15) is 32.8 Å². The van der Waals surface area contributed by atoms with E-state index in [1.54, 1.807) is 7.05 Å². The molecule has 0 bridgehead atoms. The van der Waals surface area contributed by atoms with E-state index >= 15 is 0 Å². The molecule has 4 N–H and O–H groups in total. The predicted octanol–water partition coefficient (Wildman–Crippen LogP) is 2.37. The summed E-state index contributed by atoms with van der Waals surface area (Å²) in [4.78, 5) is 22.5. The standard InChI is InChI=1S/C16H20N4O2.C6H15N.CH2O/c1-11-3-4-12(17)9-13(11)14-10-15(16(21)19(2)18-14)20-5-7-22-8-6-20;1-6(2,3)4-5-7;1-2/h3-4,9-10H,5-8,17H2,1-2H3;4-5,7H2,1-3H3;1H2. The molecule has 0 spiro atoms. The first-order valence-corrected chi connectivity index (χ1v) is 10.4. The fourth-order valence-corrected chi connectivity index (χ4v) is 3.10. The molecule has 2 heterocycles. The van der Waals surface area contributed by atoms with E-state index in [0.717, 1.165) is 29.8 Å². The number of hydrogen-bond acceptors (Lipinski definition) is 7. The van der Waals surface area contributed by atoms with Gasteiger partial charge in [-0.25, -0.2) is 4.68 Å². The molecule has 1 aliphatic rings. The molecule has 1 aromatic carbocycles. The van der Waals surface area contributed by atoms with Gasteiger partial charge in [0.1, 0.15) is 12.5 Å². The van der Waals surface area contributed by atoms with Gasteiger partial charge in [-0.05, 0) is 49.1 Å². The Bertz CT molecular complexity index is 884.